The Balaban J connectivity index is 2.67. The van der Waals surface area contributed by atoms with Gasteiger partial charge in [0, 0.05) is 30.1 Å². The molecule has 0 saturated heterocycles. The van der Waals surface area contributed by atoms with Crippen LogP contribution in [0, 0.1) is 53.3 Å². The molecule has 1 heterocycles. The second kappa shape index (κ2) is 58.1. The number of aliphatic hydroxyl groups excluding tert-OH is 1. The van der Waals surface area contributed by atoms with Crippen molar-refractivity contribution in [3.63, 3.8) is 0 Å². The Morgan fingerprint density at radius 2 is 0.690 bits per heavy atom. The molecule has 40 heteroatoms. The summed E-state index contributed by atoms with van der Waals surface area (Å²) in [5, 5.41) is 52.8. The molecule has 0 unspecified atom stereocenters. The van der Waals surface area contributed by atoms with Gasteiger partial charge in [0.1, 0.15) is 84.6 Å². The lowest BCUT2D eigenvalue weighted by atomic mass is 9.95. The second-order valence-corrected chi connectivity index (χ2v) is 36.7. The number of nitrogens with zero attached hydrogens (tertiary/aromatic N) is 1. The minimum Gasteiger partial charge on any atom is -0.391 e. The number of guanidine groups is 1. The summed E-state index contributed by atoms with van der Waals surface area (Å²) in [6, 6.07) is -12.7. The molecule has 2 rings (SSSR count). The van der Waals surface area contributed by atoms with Crippen LogP contribution in [0.15, 0.2) is 35.5 Å². The van der Waals surface area contributed by atoms with Crippen LogP contribution in [0.3, 0.4) is 0 Å². The van der Waals surface area contributed by atoms with E-state index < -0.39 is 221 Å². The second-order valence-electron chi connectivity index (χ2n) is 36.7. The number of carbonyl (C=O) groups is 16. The molecular weight excluding hydrogens is 1660 g/mol. The van der Waals surface area contributed by atoms with Crippen molar-refractivity contribution in [1.82, 2.24) is 84.7 Å². The van der Waals surface area contributed by atoms with Gasteiger partial charge in [-0.2, -0.15) is 0 Å². The Kier molecular flexibility index (Phi) is 51.6. The predicted octanol–water partition coefficient (Wildman–Crippen LogP) is -0.617. The summed E-state index contributed by atoms with van der Waals surface area (Å²) in [7, 11) is 0. The Morgan fingerprint density at radius 1 is 0.372 bits per heavy atom. The van der Waals surface area contributed by atoms with E-state index in [-0.39, 0.29) is 119 Å². The molecular formula is C89H157N23O17. The van der Waals surface area contributed by atoms with Crippen molar-refractivity contribution < 1.29 is 81.8 Å². The molecule has 0 bridgehead atoms. The third-order valence-corrected chi connectivity index (χ3v) is 22.1. The van der Waals surface area contributed by atoms with Crippen molar-refractivity contribution in [1.29, 1.82) is 0 Å². The summed E-state index contributed by atoms with van der Waals surface area (Å²) in [6.07, 6.45) is 1.74. The zero-order valence-corrected chi connectivity index (χ0v) is 79.6. The molecule has 0 aliphatic rings. The van der Waals surface area contributed by atoms with E-state index in [4.69, 9.17) is 34.4 Å². The van der Waals surface area contributed by atoms with E-state index >= 15 is 9.59 Å². The molecule has 0 spiro atoms. The SMILES string of the molecule is CC[C@@H](C)[C@@H](NC(=O)CNC(=O)[C@@H](C)N)C(=O)N[C@H](CC(C)C)C(=O)N[C@H](CCCCN)C(=O)N[C@H](CCCN=C(N)N)C(=O)N[C@H](Cc1c[nH]c2ccccc12)C(=O)N[C@@H](CCCCN)C(=O)N[C@H](C(=O)N[C@@H](CC(C)C)C(=O)N[C@H](C(=O)N[C@@H](CC(C)C)C(=O)N[C@H](C(=O)N[C@@H](CC(C)C)C(=O)N[C@H](C(=O)N[C@H](C(N)=O)C(C)C)C(C)C)[C@@H](C)CC)C(C)C)[C@@H](C)O. The molecule has 0 aliphatic carbocycles. The number of aromatic amines is 1. The minimum atomic E-state index is -1.82. The zero-order chi connectivity index (χ0) is 98.0. The molecule has 40 nitrogen and oxygen atoms in total. The lowest BCUT2D eigenvalue weighted by Crippen LogP contribution is -2.63. The fraction of sp³-hybridized carbons (Fsp3) is 0.719. The molecule has 0 radical (unpaired) electrons. The first kappa shape index (κ1) is 114. The summed E-state index contributed by atoms with van der Waals surface area (Å²) < 4.78 is 0. The standard InChI is InChI=1S/C89H157N23O17/c1-21-52(17)71(107-67(114)44-98-75(116)54(19)92)86(127)104-62(38-45(3)4)79(120)100-59(32-25-27-35-90)76(117)99-61(34-29-37-96-89(94)95)77(118)102-66(42-56-43-97-58-31-24-23-30-57(56)58)80(121)101-60(33-26-28-36-91)78(119)112-73(55(20)113)88(129)106-64(40-47(7)8)82(123)109-69(50(13)14)84(125)103-65(41-48(9)10)83(124)111-72(53(18)22-2)87(128)105-63(39-46(5)6)81(122)110-70(51(15)16)85(126)108-68(49(11)12)74(93)115/h23-24,30-31,43,45-55,59-66,68-73,97,113H,21-22,25-29,32-42,44,90-92H2,1-20H3,(H2,93,115)(H,98,116)(H,99,117)(H,100,120)(H,101,121)(H,102,118)(H,103,125)(H,104,127)(H,105,128)(H,106,129)(H,107,114)(H,108,126)(H,109,123)(H,110,122)(H,111,124)(H,112,119)(H4,94,95,96)/t52-,53+,54-,55-,59-,60+,61-,62-,63+,64+,65+,66-,68+,69+,70+,71-,72+,73+/m1/s1. The lowest BCUT2D eigenvalue weighted by Gasteiger charge is -2.31. The van der Waals surface area contributed by atoms with E-state index in [1.807, 2.05) is 41.5 Å². The van der Waals surface area contributed by atoms with E-state index in [2.05, 4.69) is 89.7 Å². The van der Waals surface area contributed by atoms with Crippen molar-refractivity contribution in [2.75, 3.05) is 26.2 Å². The number of rotatable bonds is 61. The van der Waals surface area contributed by atoms with Crippen molar-refractivity contribution in [2.24, 2.45) is 92.7 Å². The number of aliphatic hydroxyl groups is 1. The number of nitrogens with two attached hydrogens (primary N) is 6. The molecule has 0 aliphatic heterocycles. The van der Waals surface area contributed by atoms with Crippen molar-refractivity contribution >= 4 is 111 Å². The lowest BCUT2D eigenvalue weighted by molar-refractivity contribution is -0.138. The first-order valence-corrected chi connectivity index (χ1v) is 45.7. The number of aliphatic imine (C=N–C) groups is 1. The van der Waals surface area contributed by atoms with Crippen LogP contribution in [0.5, 0.6) is 0 Å². The van der Waals surface area contributed by atoms with Crippen LogP contribution < -0.4 is 114 Å². The molecule has 1 aromatic heterocycles. The Morgan fingerprint density at radius 3 is 1.06 bits per heavy atom. The van der Waals surface area contributed by atoms with Crippen molar-refractivity contribution in [2.45, 2.75) is 332 Å². The number of primary amides is 1. The molecule has 29 N–H and O–H groups in total. The average molecular weight is 1820 g/mol. The largest absolute Gasteiger partial charge is 0.391 e. The van der Waals surface area contributed by atoms with Gasteiger partial charge in [-0.1, -0.05) is 156 Å². The first-order valence-electron chi connectivity index (χ1n) is 45.7. The summed E-state index contributed by atoms with van der Waals surface area (Å²) in [5.74, 6) is -16.5. The van der Waals surface area contributed by atoms with Gasteiger partial charge in [-0.3, -0.25) is 81.7 Å². The van der Waals surface area contributed by atoms with Gasteiger partial charge in [-0.15, -0.1) is 0 Å². The van der Waals surface area contributed by atoms with Gasteiger partial charge < -0.3 is 124 Å². The molecule has 16 amide bonds. The number of aromatic nitrogens is 1. The summed E-state index contributed by atoms with van der Waals surface area (Å²) in [6.45, 7) is 34.1. The molecule has 18 atom stereocenters. The number of para-hydroxylation sites is 1. The van der Waals surface area contributed by atoms with Crippen LogP contribution >= 0.6 is 0 Å². The maximum absolute atomic E-state index is 15.3. The zero-order valence-electron chi connectivity index (χ0n) is 79.6. The fourth-order valence-electron chi connectivity index (χ4n) is 14.2. The number of amides is 16. The highest BCUT2D eigenvalue weighted by Crippen LogP contribution is 2.23. The van der Waals surface area contributed by atoms with Gasteiger partial charge in [0.05, 0.1) is 18.7 Å². The van der Waals surface area contributed by atoms with Crippen LogP contribution in [-0.4, -0.2) is 233 Å². The van der Waals surface area contributed by atoms with Crippen LogP contribution in [-0.2, 0) is 83.1 Å². The Bertz CT molecular complexity index is 4000. The highest BCUT2D eigenvalue weighted by Gasteiger charge is 2.41. The van der Waals surface area contributed by atoms with Crippen molar-refractivity contribution in [3.05, 3.63) is 36.0 Å². The third kappa shape index (κ3) is 40.9. The number of unbranched alkanes of at least 4 members (excludes halogenated alkanes) is 2. The number of hydrogen-bond donors (Lipinski definition) is 23. The van der Waals surface area contributed by atoms with Gasteiger partial charge >= 0.3 is 0 Å². The molecule has 0 fully saturated rings. The first-order chi connectivity index (χ1) is 60.4. The smallest absolute Gasteiger partial charge is 0.245 e. The number of nitrogens with one attached hydrogen (secondary N) is 16. The van der Waals surface area contributed by atoms with E-state index in [9.17, 15) is 72.2 Å². The van der Waals surface area contributed by atoms with Gasteiger partial charge in [0.25, 0.3) is 0 Å². The van der Waals surface area contributed by atoms with Gasteiger partial charge in [-0.05, 0) is 169 Å². The summed E-state index contributed by atoms with van der Waals surface area (Å²) >= 11 is 0. The Hall–Kier alpha value is -10.6. The normalized spacial score (nSPS) is 15.8. The van der Waals surface area contributed by atoms with Crippen LogP contribution in [0.25, 0.3) is 10.9 Å². The fourth-order valence-corrected chi connectivity index (χ4v) is 14.2. The number of benzene rings is 1. The Labute approximate surface area is 760 Å². The molecule has 730 valence electrons. The number of carbonyl (C=O) groups excluding carboxylic acids is 16. The van der Waals surface area contributed by atoms with E-state index in [1.165, 1.54) is 13.8 Å². The summed E-state index contributed by atoms with van der Waals surface area (Å²) in [5.41, 5.74) is 35.7. The molecule has 2 aromatic rings. The highest BCUT2D eigenvalue weighted by molar-refractivity contribution is 6.01. The number of fused-ring (bicyclic) bond motifs is 1. The number of hydrogen-bond acceptors (Lipinski definition) is 21. The maximum atomic E-state index is 15.3. The van der Waals surface area contributed by atoms with E-state index in [1.54, 1.807) is 114 Å². The number of H-pyrrole nitrogens is 1. The summed E-state index contributed by atoms with van der Waals surface area (Å²) in [4.78, 5) is 235. The van der Waals surface area contributed by atoms with Gasteiger partial charge in [0.2, 0.25) is 94.5 Å². The predicted molar refractivity (Wildman–Crippen MR) is 494 cm³/mol. The average Bonchev–Trinajstić information content (AvgIpc) is 1.79. The van der Waals surface area contributed by atoms with Gasteiger partial charge in [0.15, 0.2) is 5.96 Å². The van der Waals surface area contributed by atoms with Crippen LogP contribution in [0.1, 0.15) is 234 Å². The van der Waals surface area contributed by atoms with Crippen LogP contribution in [0.4, 0.5) is 0 Å². The van der Waals surface area contributed by atoms with Crippen molar-refractivity contribution in [3.8, 4) is 0 Å². The van der Waals surface area contributed by atoms with Gasteiger partial charge in [-0.25, -0.2) is 0 Å². The molecule has 129 heavy (non-hydrogen) atoms. The maximum Gasteiger partial charge on any atom is 0.245 e. The van der Waals surface area contributed by atoms with Crippen LogP contribution in [0.2, 0.25) is 0 Å². The van der Waals surface area contributed by atoms with E-state index in [0.717, 1.165) is 0 Å². The van der Waals surface area contributed by atoms with E-state index in [0.29, 0.717) is 48.6 Å². The topological polar surface area (TPSA) is 658 Å². The minimum absolute atomic E-state index is 0.0118. The quantitative estimate of drug-likeness (QED) is 0.0223. The monoisotopic (exact) mass is 1820 g/mol. The molecule has 0 saturated carbocycles. The highest BCUT2D eigenvalue weighted by atomic mass is 16.3. The third-order valence-electron chi connectivity index (χ3n) is 22.1. The molecule has 1 aromatic carbocycles.